The highest BCUT2D eigenvalue weighted by atomic mass is 28.4. The number of azide groups is 1. The SMILES string of the molecule is CC(C)C(=O)Nc1nc2c(ncn2C2OC(CN=[N+]=[N-])C(O)C2O[Si](C(C)C)(C(C)C)C(C)C)c(=O)[nH]1. The van der Waals surface area contributed by atoms with Gasteiger partial charge in [-0.2, -0.15) is 4.98 Å². The molecule has 204 valence electrons. The van der Waals surface area contributed by atoms with Crippen molar-refractivity contribution >= 4 is 31.3 Å². The van der Waals surface area contributed by atoms with Gasteiger partial charge < -0.3 is 14.3 Å². The summed E-state index contributed by atoms with van der Waals surface area (Å²) in [6.07, 6.45) is -2.25. The molecule has 1 fully saturated rings. The van der Waals surface area contributed by atoms with E-state index in [9.17, 15) is 14.7 Å². The number of nitrogens with zero attached hydrogens (tertiary/aromatic N) is 6. The highest BCUT2D eigenvalue weighted by Gasteiger charge is 2.53. The van der Waals surface area contributed by atoms with Crippen molar-refractivity contribution in [3.05, 3.63) is 27.1 Å². The Morgan fingerprint density at radius 1 is 1.27 bits per heavy atom. The molecule has 3 rings (SSSR count). The minimum absolute atomic E-state index is 0.0187. The molecule has 0 aromatic carbocycles. The molecule has 0 spiro atoms. The number of rotatable bonds is 10. The van der Waals surface area contributed by atoms with Gasteiger partial charge >= 0.3 is 0 Å². The Morgan fingerprint density at radius 2 is 1.89 bits per heavy atom. The first-order valence-electron chi connectivity index (χ1n) is 12.6. The number of aromatic amines is 1. The maximum Gasteiger partial charge on any atom is 0.280 e. The van der Waals surface area contributed by atoms with Crippen LogP contribution in [-0.4, -0.2) is 63.7 Å². The zero-order chi connectivity index (χ0) is 27.7. The molecular weight excluding hydrogens is 496 g/mol. The molecule has 4 atom stereocenters. The number of fused-ring (bicyclic) bond motifs is 1. The number of nitrogens with one attached hydrogen (secondary N) is 2. The van der Waals surface area contributed by atoms with Crippen LogP contribution in [0, 0.1) is 5.92 Å². The van der Waals surface area contributed by atoms with E-state index in [4.69, 9.17) is 14.7 Å². The number of H-pyrrole nitrogens is 1. The topological polar surface area (TPSA) is 180 Å². The van der Waals surface area contributed by atoms with Gasteiger partial charge in [0.05, 0.1) is 19.0 Å². The second-order valence-electron chi connectivity index (χ2n) is 10.8. The van der Waals surface area contributed by atoms with Gasteiger partial charge in [0.1, 0.15) is 12.2 Å². The van der Waals surface area contributed by atoms with Crippen molar-refractivity contribution in [1.82, 2.24) is 19.5 Å². The first kappa shape index (κ1) is 28.8. The molecule has 1 saturated heterocycles. The number of carbonyl (C=O) groups is 1. The van der Waals surface area contributed by atoms with Gasteiger partial charge in [-0.25, -0.2) is 4.98 Å². The van der Waals surface area contributed by atoms with Gasteiger partial charge in [-0.15, -0.1) is 0 Å². The van der Waals surface area contributed by atoms with E-state index in [-0.39, 0.29) is 52.1 Å². The summed E-state index contributed by atoms with van der Waals surface area (Å²) < 4.78 is 14.7. The monoisotopic (exact) mass is 534 g/mol. The fraction of sp³-hybridized carbons (Fsp3) is 0.739. The summed E-state index contributed by atoms with van der Waals surface area (Å²) in [5.74, 6) is -0.646. The van der Waals surface area contributed by atoms with Crippen LogP contribution in [0.4, 0.5) is 5.95 Å². The standard InChI is InChI=1S/C23H38N8O5Si/c1-11(2)20(33)28-23-27-19-16(21(34)29-23)25-10-31(19)22-18(17(32)15(35-22)9-26-30-24)36-37(12(3)4,13(5)6)14(7)8/h10-15,17-18,22,32H,9H2,1-8H3,(H2,27,28,29,33,34). The summed E-state index contributed by atoms with van der Waals surface area (Å²) in [5, 5.41) is 17.5. The second-order valence-corrected chi connectivity index (χ2v) is 16.2. The molecule has 1 aliphatic heterocycles. The first-order chi connectivity index (χ1) is 17.3. The van der Waals surface area contributed by atoms with Gasteiger partial charge in [0.15, 0.2) is 17.4 Å². The van der Waals surface area contributed by atoms with Crippen LogP contribution < -0.4 is 10.9 Å². The predicted molar refractivity (Wildman–Crippen MR) is 141 cm³/mol. The summed E-state index contributed by atoms with van der Waals surface area (Å²) in [6.45, 7) is 16.2. The molecule has 3 heterocycles. The molecule has 0 aliphatic carbocycles. The molecule has 2 aromatic heterocycles. The molecule has 0 radical (unpaired) electrons. The summed E-state index contributed by atoms with van der Waals surface area (Å²) in [7, 11) is -2.50. The molecule has 14 heteroatoms. The summed E-state index contributed by atoms with van der Waals surface area (Å²) >= 11 is 0. The number of aliphatic hydroxyl groups is 1. The number of ether oxygens (including phenoxy) is 1. The Labute approximate surface area is 216 Å². The van der Waals surface area contributed by atoms with Crippen LogP contribution in [-0.2, 0) is 14.0 Å². The van der Waals surface area contributed by atoms with Crippen molar-refractivity contribution in [2.45, 2.75) is 96.6 Å². The summed E-state index contributed by atoms with van der Waals surface area (Å²) in [6, 6.07) is 0. The highest BCUT2D eigenvalue weighted by Crippen LogP contribution is 2.46. The normalized spacial score (nSPS) is 22.4. The fourth-order valence-electron chi connectivity index (χ4n) is 5.41. The number of amides is 1. The zero-order valence-electron chi connectivity index (χ0n) is 22.7. The third-order valence-corrected chi connectivity index (χ3v) is 13.3. The Morgan fingerprint density at radius 3 is 2.43 bits per heavy atom. The third-order valence-electron chi connectivity index (χ3n) is 7.16. The van der Waals surface area contributed by atoms with Crippen LogP contribution in [0.15, 0.2) is 16.2 Å². The van der Waals surface area contributed by atoms with Crippen LogP contribution >= 0.6 is 0 Å². The van der Waals surface area contributed by atoms with Crippen LogP contribution in [0.5, 0.6) is 0 Å². The van der Waals surface area contributed by atoms with Crippen LogP contribution in [0.3, 0.4) is 0 Å². The van der Waals surface area contributed by atoms with E-state index in [1.165, 1.54) is 6.33 Å². The van der Waals surface area contributed by atoms with Crippen LogP contribution in [0.1, 0.15) is 61.6 Å². The quantitative estimate of drug-likeness (QED) is 0.179. The minimum atomic E-state index is -2.50. The van der Waals surface area contributed by atoms with Gasteiger partial charge in [-0.1, -0.05) is 60.5 Å². The molecule has 37 heavy (non-hydrogen) atoms. The molecule has 4 unspecified atom stereocenters. The maximum atomic E-state index is 12.7. The smallest absolute Gasteiger partial charge is 0.280 e. The van der Waals surface area contributed by atoms with E-state index < -0.39 is 38.4 Å². The number of imidazole rings is 1. The van der Waals surface area contributed by atoms with Gasteiger partial charge in [0, 0.05) is 10.8 Å². The van der Waals surface area contributed by atoms with E-state index in [1.807, 2.05) is 0 Å². The molecule has 1 aliphatic rings. The van der Waals surface area contributed by atoms with Crippen molar-refractivity contribution in [1.29, 1.82) is 0 Å². The maximum absolute atomic E-state index is 12.7. The van der Waals surface area contributed by atoms with Crippen LogP contribution in [0.25, 0.3) is 21.6 Å². The second kappa shape index (κ2) is 11.3. The van der Waals surface area contributed by atoms with Crippen molar-refractivity contribution in [3.63, 3.8) is 0 Å². The average Bonchev–Trinajstić information content (AvgIpc) is 3.36. The lowest BCUT2D eigenvalue weighted by atomic mass is 10.1. The molecule has 3 N–H and O–H groups in total. The van der Waals surface area contributed by atoms with E-state index in [0.29, 0.717) is 0 Å². The van der Waals surface area contributed by atoms with Gasteiger partial charge in [-0.05, 0) is 22.2 Å². The van der Waals surface area contributed by atoms with Gasteiger partial charge in [0.25, 0.3) is 5.56 Å². The summed E-state index contributed by atoms with van der Waals surface area (Å²) in [4.78, 5) is 39.0. The number of hydrogen-bond donors (Lipinski definition) is 3. The molecule has 2 aromatic rings. The lowest BCUT2D eigenvalue weighted by molar-refractivity contribution is -0.118. The lowest BCUT2D eigenvalue weighted by Gasteiger charge is -2.45. The predicted octanol–water partition coefficient (Wildman–Crippen LogP) is 3.84. The van der Waals surface area contributed by atoms with Crippen molar-refractivity contribution in [3.8, 4) is 0 Å². The number of aromatic nitrogens is 4. The molecule has 1 amide bonds. The van der Waals surface area contributed by atoms with Gasteiger partial charge in [-0.3, -0.25) is 24.5 Å². The van der Waals surface area contributed by atoms with Crippen molar-refractivity contribution in [2.75, 3.05) is 11.9 Å². The van der Waals surface area contributed by atoms with Crippen molar-refractivity contribution in [2.24, 2.45) is 11.0 Å². The first-order valence-corrected chi connectivity index (χ1v) is 14.8. The van der Waals surface area contributed by atoms with E-state index >= 15 is 0 Å². The molecule has 0 saturated carbocycles. The number of hydrogen-bond acceptors (Lipinski definition) is 8. The highest BCUT2D eigenvalue weighted by molar-refractivity contribution is 6.77. The minimum Gasteiger partial charge on any atom is -0.406 e. The molecule has 0 bridgehead atoms. The van der Waals surface area contributed by atoms with Gasteiger partial charge in [0.2, 0.25) is 20.2 Å². The number of carbonyl (C=O) groups excluding carboxylic acids is 1. The average molecular weight is 535 g/mol. The molecule has 13 nitrogen and oxygen atoms in total. The third kappa shape index (κ3) is 5.43. The molecular formula is C23H38N8O5Si. The Kier molecular flexibility index (Phi) is 8.80. The van der Waals surface area contributed by atoms with Crippen molar-refractivity contribution < 1.29 is 19.1 Å². The Bertz CT molecular complexity index is 1200. The number of anilines is 1. The van der Waals surface area contributed by atoms with E-state index in [2.05, 4.69) is 71.8 Å². The van der Waals surface area contributed by atoms with E-state index in [1.54, 1.807) is 18.4 Å². The van der Waals surface area contributed by atoms with Crippen LogP contribution in [0.2, 0.25) is 16.6 Å². The van der Waals surface area contributed by atoms with E-state index in [0.717, 1.165) is 0 Å². The largest absolute Gasteiger partial charge is 0.406 e. The zero-order valence-corrected chi connectivity index (χ0v) is 23.7. The summed E-state index contributed by atoms with van der Waals surface area (Å²) in [5.41, 5.74) is 9.24. The number of aliphatic hydroxyl groups excluding tert-OH is 1. The Hall–Kier alpha value is -2.77. The Balaban J connectivity index is 2.13. The lowest BCUT2D eigenvalue weighted by Crippen LogP contribution is -2.53. The fourth-order valence-corrected chi connectivity index (χ4v) is 11.0.